The van der Waals surface area contributed by atoms with E-state index in [1.165, 1.54) is 12.1 Å². The molecule has 0 heterocycles. The molecular weight excluding hydrogens is 324 g/mol. The SMILES string of the molecule is Cc1ccc(C(Br)c2cc(F)c(F)cc2F)cc1F. The molecule has 0 fully saturated rings. The topological polar surface area (TPSA) is 0 Å². The summed E-state index contributed by atoms with van der Waals surface area (Å²) in [5.74, 6) is -3.73. The number of rotatable bonds is 2. The smallest absolute Gasteiger partial charge is 0.161 e. The van der Waals surface area contributed by atoms with Gasteiger partial charge in [0.05, 0.1) is 4.83 Å². The Labute approximate surface area is 116 Å². The van der Waals surface area contributed by atoms with Crippen molar-refractivity contribution in [2.45, 2.75) is 11.8 Å². The van der Waals surface area contributed by atoms with Gasteiger partial charge in [-0.25, -0.2) is 17.6 Å². The molecule has 1 atom stereocenters. The molecule has 0 amide bonds. The highest BCUT2D eigenvalue weighted by molar-refractivity contribution is 9.09. The highest BCUT2D eigenvalue weighted by atomic mass is 79.9. The van der Waals surface area contributed by atoms with Crippen LogP contribution in [0.25, 0.3) is 0 Å². The van der Waals surface area contributed by atoms with E-state index in [2.05, 4.69) is 15.9 Å². The van der Waals surface area contributed by atoms with Gasteiger partial charge in [-0.05, 0) is 30.2 Å². The number of aryl methyl sites for hydroxylation is 1. The standard InChI is InChI=1S/C14H9BrF4/c1-7-2-3-8(4-10(7)16)14(15)9-5-12(18)13(19)6-11(9)17/h2-6,14H,1H3. The molecule has 100 valence electrons. The van der Waals surface area contributed by atoms with Gasteiger partial charge >= 0.3 is 0 Å². The molecule has 0 spiro atoms. The maximum atomic E-state index is 13.6. The van der Waals surface area contributed by atoms with Crippen LogP contribution in [0, 0.1) is 30.2 Å². The number of alkyl halides is 1. The van der Waals surface area contributed by atoms with Gasteiger partial charge in [0.25, 0.3) is 0 Å². The third kappa shape index (κ3) is 2.81. The minimum Gasteiger partial charge on any atom is -0.207 e. The van der Waals surface area contributed by atoms with Gasteiger partial charge in [-0.2, -0.15) is 0 Å². The first kappa shape index (κ1) is 14.1. The lowest BCUT2D eigenvalue weighted by Gasteiger charge is -2.13. The van der Waals surface area contributed by atoms with Crippen LogP contribution < -0.4 is 0 Å². The second-order valence-corrected chi connectivity index (χ2v) is 5.07. The Kier molecular flexibility index (Phi) is 3.94. The molecule has 1 unspecified atom stereocenters. The molecule has 0 aliphatic rings. The third-order valence-electron chi connectivity index (χ3n) is 2.80. The number of hydrogen-bond acceptors (Lipinski definition) is 0. The van der Waals surface area contributed by atoms with E-state index in [1.807, 2.05) is 0 Å². The normalized spacial score (nSPS) is 12.5. The zero-order chi connectivity index (χ0) is 14.2. The average molecular weight is 333 g/mol. The van der Waals surface area contributed by atoms with E-state index in [0.29, 0.717) is 17.2 Å². The van der Waals surface area contributed by atoms with Crippen LogP contribution in [0.15, 0.2) is 30.3 Å². The monoisotopic (exact) mass is 332 g/mol. The summed E-state index contributed by atoms with van der Waals surface area (Å²) in [4.78, 5) is -0.752. The molecule has 0 aliphatic carbocycles. The molecule has 0 saturated heterocycles. The van der Waals surface area contributed by atoms with Crippen molar-refractivity contribution in [1.29, 1.82) is 0 Å². The second kappa shape index (κ2) is 5.33. The van der Waals surface area contributed by atoms with E-state index in [9.17, 15) is 17.6 Å². The predicted octanol–water partition coefficient (Wildman–Crippen LogP) is 5.04. The van der Waals surface area contributed by atoms with Crippen LogP contribution in [-0.2, 0) is 0 Å². The van der Waals surface area contributed by atoms with Gasteiger partial charge in [0.15, 0.2) is 11.6 Å². The van der Waals surface area contributed by atoms with E-state index >= 15 is 0 Å². The van der Waals surface area contributed by atoms with Gasteiger partial charge in [0, 0.05) is 11.6 Å². The van der Waals surface area contributed by atoms with Gasteiger partial charge in [0.2, 0.25) is 0 Å². The van der Waals surface area contributed by atoms with E-state index in [-0.39, 0.29) is 5.56 Å². The second-order valence-electron chi connectivity index (χ2n) is 4.16. The van der Waals surface area contributed by atoms with Crippen molar-refractivity contribution in [3.05, 3.63) is 70.3 Å². The van der Waals surface area contributed by atoms with Crippen molar-refractivity contribution in [3.63, 3.8) is 0 Å². The van der Waals surface area contributed by atoms with Crippen LogP contribution >= 0.6 is 15.9 Å². The Bertz CT molecular complexity index is 625. The number of benzene rings is 2. The minimum atomic E-state index is -1.25. The van der Waals surface area contributed by atoms with Crippen molar-refractivity contribution < 1.29 is 17.6 Å². The van der Waals surface area contributed by atoms with Gasteiger partial charge in [-0.1, -0.05) is 28.1 Å². The maximum absolute atomic E-state index is 13.6. The van der Waals surface area contributed by atoms with E-state index in [4.69, 9.17) is 0 Å². The van der Waals surface area contributed by atoms with Crippen LogP contribution in [0.5, 0.6) is 0 Å². The zero-order valence-electron chi connectivity index (χ0n) is 9.85. The molecule has 2 aromatic carbocycles. The Hall–Kier alpha value is -1.36. The molecule has 0 nitrogen and oxygen atoms in total. The Balaban J connectivity index is 2.46. The molecular formula is C14H9BrF4. The molecule has 2 rings (SSSR count). The van der Waals surface area contributed by atoms with E-state index in [0.717, 1.165) is 6.07 Å². The Morgan fingerprint density at radius 3 is 2.11 bits per heavy atom. The number of halogens is 5. The summed E-state index contributed by atoms with van der Waals surface area (Å²) >= 11 is 3.17. The fourth-order valence-corrected chi connectivity index (χ4v) is 2.31. The lowest BCUT2D eigenvalue weighted by atomic mass is 10.0. The number of hydrogen-bond donors (Lipinski definition) is 0. The fourth-order valence-electron chi connectivity index (χ4n) is 1.68. The molecule has 2 aromatic rings. The summed E-state index contributed by atoms with van der Waals surface area (Å²) in [5.41, 5.74) is 0.796. The van der Waals surface area contributed by atoms with Crippen LogP contribution in [0.1, 0.15) is 21.5 Å². The Morgan fingerprint density at radius 2 is 1.47 bits per heavy atom. The average Bonchev–Trinajstić information content (AvgIpc) is 2.36. The largest absolute Gasteiger partial charge is 0.207 e. The summed E-state index contributed by atoms with van der Waals surface area (Å²) in [7, 11) is 0. The molecule has 0 aromatic heterocycles. The quantitative estimate of drug-likeness (QED) is 0.411. The van der Waals surface area contributed by atoms with Gasteiger partial charge in [-0.15, -0.1) is 0 Å². The van der Waals surface area contributed by atoms with Gasteiger partial charge < -0.3 is 0 Å². The lowest BCUT2D eigenvalue weighted by molar-refractivity contribution is 0.491. The van der Waals surface area contributed by atoms with Crippen molar-refractivity contribution in [2.75, 3.05) is 0 Å². The van der Waals surface area contributed by atoms with Crippen molar-refractivity contribution in [1.82, 2.24) is 0 Å². The predicted molar refractivity (Wildman–Crippen MR) is 68.2 cm³/mol. The molecule has 0 bridgehead atoms. The highest BCUT2D eigenvalue weighted by Gasteiger charge is 2.19. The lowest BCUT2D eigenvalue weighted by Crippen LogP contribution is -2.00. The fraction of sp³-hybridized carbons (Fsp3) is 0.143. The molecule has 0 N–H and O–H groups in total. The van der Waals surface area contributed by atoms with Crippen molar-refractivity contribution >= 4 is 15.9 Å². The summed E-state index contributed by atoms with van der Waals surface area (Å²) in [5, 5.41) is 0. The van der Waals surface area contributed by atoms with Crippen molar-refractivity contribution in [3.8, 4) is 0 Å². The van der Waals surface area contributed by atoms with E-state index < -0.39 is 28.1 Å². The first-order valence-corrected chi connectivity index (χ1v) is 6.36. The molecule has 0 aliphatic heterocycles. The summed E-state index contributed by atoms with van der Waals surface area (Å²) in [6.07, 6.45) is 0. The molecule has 0 radical (unpaired) electrons. The Morgan fingerprint density at radius 1 is 0.842 bits per heavy atom. The van der Waals surface area contributed by atoms with Crippen LogP contribution in [0.4, 0.5) is 17.6 Å². The summed E-state index contributed by atoms with van der Waals surface area (Å²) in [6.45, 7) is 1.60. The zero-order valence-corrected chi connectivity index (χ0v) is 11.4. The molecule has 19 heavy (non-hydrogen) atoms. The summed E-state index contributed by atoms with van der Waals surface area (Å²) < 4.78 is 53.1. The summed E-state index contributed by atoms with van der Waals surface area (Å²) in [6, 6.07) is 5.61. The van der Waals surface area contributed by atoms with Crippen LogP contribution in [0.3, 0.4) is 0 Å². The highest BCUT2D eigenvalue weighted by Crippen LogP contribution is 2.34. The van der Waals surface area contributed by atoms with Gasteiger partial charge in [-0.3, -0.25) is 0 Å². The molecule has 5 heteroatoms. The third-order valence-corrected chi connectivity index (χ3v) is 3.82. The first-order chi connectivity index (χ1) is 8.90. The van der Waals surface area contributed by atoms with Crippen LogP contribution in [-0.4, -0.2) is 0 Å². The van der Waals surface area contributed by atoms with Crippen molar-refractivity contribution in [2.24, 2.45) is 0 Å². The first-order valence-electron chi connectivity index (χ1n) is 5.44. The maximum Gasteiger partial charge on any atom is 0.161 e. The molecule has 0 saturated carbocycles. The van der Waals surface area contributed by atoms with Gasteiger partial charge in [0.1, 0.15) is 11.6 Å². The van der Waals surface area contributed by atoms with Crippen LogP contribution in [0.2, 0.25) is 0 Å². The minimum absolute atomic E-state index is 0.0813. The van der Waals surface area contributed by atoms with E-state index in [1.54, 1.807) is 13.0 Å².